The molecule has 0 saturated carbocycles. The van der Waals surface area contributed by atoms with E-state index in [2.05, 4.69) is 13.8 Å². The fourth-order valence-corrected chi connectivity index (χ4v) is 0.535. The molecule has 0 aromatic heterocycles. The van der Waals surface area contributed by atoms with E-state index in [1.807, 2.05) is 0 Å². The van der Waals surface area contributed by atoms with Crippen molar-refractivity contribution in [1.29, 1.82) is 0 Å². The number of hydrogen-bond donors (Lipinski definition) is 2. The second-order valence-corrected chi connectivity index (χ2v) is 2.29. The van der Waals surface area contributed by atoms with Crippen molar-refractivity contribution in [1.82, 2.24) is 0 Å². The Labute approximate surface area is 75.5 Å². The van der Waals surface area contributed by atoms with Crippen LogP contribution in [0.5, 0.6) is 0 Å². The van der Waals surface area contributed by atoms with Crippen molar-refractivity contribution in [3.8, 4) is 0 Å². The lowest BCUT2D eigenvalue weighted by atomic mass is 10.0. The summed E-state index contributed by atoms with van der Waals surface area (Å²) in [6.07, 6.45) is 1.12. The summed E-state index contributed by atoms with van der Waals surface area (Å²) in [6, 6.07) is 0.194. The summed E-state index contributed by atoms with van der Waals surface area (Å²) in [5.74, 6) is 0.569. The van der Waals surface area contributed by atoms with Gasteiger partial charge in [0.2, 0.25) is 0 Å². The largest absolute Gasteiger partial charge is 0.329 e. The van der Waals surface area contributed by atoms with Crippen LogP contribution >= 0.6 is 24.8 Å². The van der Waals surface area contributed by atoms with E-state index in [0.29, 0.717) is 12.5 Å². The third kappa shape index (κ3) is 6.62. The minimum atomic E-state index is 0. The predicted molar refractivity (Wildman–Crippen MR) is 51.0 cm³/mol. The maximum atomic E-state index is 5.60. The molecule has 2 atom stereocenters. The van der Waals surface area contributed by atoms with Crippen LogP contribution in [0.15, 0.2) is 0 Å². The Morgan fingerprint density at radius 3 is 1.80 bits per heavy atom. The monoisotopic (exact) mass is 188 g/mol. The fraction of sp³-hybridized carbons (Fsp3) is 1.00. The van der Waals surface area contributed by atoms with Crippen LogP contribution in [0.1, 0.15) is 20.3 Å². The molecule has 0 radical (unpaired) electrons. The van der Waals surface area contributed by atoms with E-state index in [9.17, 15) is 0 Å². The molecule has 0 aliphatic heterocycles. The van der Waals surface area contributed by atoms with E-state index in [0.717, 1.165) is 6.42 Å². The van der Waals surface area contributed by atoms with Crippen LogP contribution in [-0.4, -0.2) is 12.6 Å². The molecule has 10 heavy (non-hydrogen) atoms. The summed E-state index contributed by atoms with van der Waals surface area (Å²) in [5, 5.41) is 0. The molecule has 0 aromatic carbocycles. The van der Waals surface area contributed by atoms with Crippen molar-refractivity contribution < 1.29 is 0 Å². The molecule has 0 aliphatic carbocycles. The van der Waals surface area contributed by atoms with Crippen LogP contribution < -0.4 is 11.5 Å². The maximum absolute atomic E-state index is 5.60. The van der Waals surface area contributed by atoms with Gasteiger partial charge in [0.1, 0.15) is 0 Å². The zero-order valence-corrected chi connectivity index (χ0v) is 8.17. The second-order valence-electron chi connectivity index (χ2n) is 2.29. The second kappa shape index (κ2) is 9.50. The van der Waals surface area contributed by atoms with Gasteiger partial charge in [0, 0.05) is 12.6 Å². The van der Waals surface area contributed by atoms with Gasteiger partial charge in [0.05, 0.1) is 0 Å². The van der Waals surface area contributed by atoms with Crippen LogP contribution in [0.25, 0.3) is 0 Å². The van der Waals surface area contributed by atoms with Gasteiger partial charge in [-0.05, 0) is 5.92 Å². The van der Waals surface area contributed by atoms with E-state index in [-0.39, 0.29) is 30.9 Å². The van der Waals surface area contributed by atoms with E-state index in [4.69, 9.17) is 11.5 Å². The van der Waals surface area contributed by atoms with Gasteiger partial charge in [-0.1, -0.05) is 20.3 Å². The highest BCUT2D eigenvalue weighted by Gasteiger charge is 2.06. The average molecular weight is 189 g/mol. The van der Waals surface area contributed by atoms with Crippen molar-refractivity contribution in [3.05, 3.63) is 0 Å². The highest BCUT2D eigenvalue weighted by Crippen LogP contribution is 2.02. The molecule has 0 aromatic rings. The Morgan fingerprint density at radius 1 is 1.30 bits per heavy atom. The van der Waals surface area contributed by atoms with E-state index in [1.54, 1.807) is 0 Å². The maximum Gasteiger partial charge on any atom is 0.0188 e. The Morgan fingerprint density at radius 2 is 1.70 bits per heavy atom. The van der Waals surface area contributed by atoms with Crippen LogP contribution in [-0.2, 0) is 0 Å². The zero-order valence-electron chi connectivity index (χ0n) is 6.54. The van der Waals surface area contributed by atoms with Gasteiger partial charge in [-0.15, -0.1) is 24.8 Å². The summed E-state index contributed by atoms with van der Waals surface area (Å²) in [6.45, 7) is 4.85. The first kappa shape index (κ1) is 16.8. The van der Waals surface area contributed by atoms with Gasteiger partial charge < -0.3 is 11.5 Å². The first-order chi connectivity index (χ1) is 3.72. The molecule has 0 bridgehead atoms. The third-order valence-corrected chi connectivity index (χ3v) is 1.65. The third-order valence-electron chi connectivity index (χ3n) is 1.65. The van der Waals surface area contributed by atoms with Crippen molar-refractivity contribution in [2.75, 3.05) is 6.54 Å². The lowest BCUT2D eigenvalue weighted by Gasteiger charge is -2.14. The zero-order chi connectivity index (χ0) is 6.57. The van der Waals surface area contributed by atoms with Crippen LogP contribution in [0.4, 0.5) is 0 Å². The molecule has 0 rings (SSSR count). The summed E-state index contributed by atoms with van der Waals surface area (Å²) >= 11 is 0. The quantitative estimate of drug-likeness (QED) is 0.699. The van der Waals surface area contributed by atoms with Gasteiger partial charge in [-0.3, -0.25) is 0 Å². The number of halogens is 2. The molecule has 0 fully saturated rings. The van der Waals surface area contributed by atoms with E-state index in [1.165, 1.54) is 0 Å². The molecule has 0 amide bonds. The Balaban J connectivity index is -0.000000245. The molecule has 2 nitrogen and oxygen atoms in total. The molecule has 0 spiro atoms. The standard InChI is InChI=1S/C6H16N2.2ClH/c1-3-5(2)6(8)4-7;;/h5-6H,3-4,7-8H2,1-2H3;2*1H/t5-,6+;;/m0../s1. The van der Waals surface area contributed by atoms with Gasteiger partial charge >= 0.3 is 0 Å². The van der Waals surface area contributed by atoms with Gasteiger partial charge in [-0.25, -0.2) is 0 Å². The Kier molecular flexibility index (Phi) is 16.0. The average Bonchev–Trinajstić information content (AvgIpc) is 1.84. The fourth-order valence-electron chi connectivity index (χ4n) is 0.535. The summed E-state index contributed by atoms with van der Waals surface area (Å²) in [4.78, 5) is 0. The lowest BCUT2D eigenvalue weighted by Crippen LogP contribution is -2.35. The van der Waals surface area contributed by atoms with E-state index >= 15 is 0 Å². The first-order valence-electron chi connectivity index (χ1n) is 3.18. The summed E-state index contributed by atoms with van der Waals surface area (Å²) in [5.41, 5.74) is 10.9. The topological polar surface area (TPSA) is 52.0 Å². The van der Waals surface area contributed by atoms with Gasteiger partial charge in [0.25, 0.3) is 0 Å². The molecule has 4 N–H and O–H groups in total. The molecular weight excluding hydrogens is 171 g/mol. The number of hydrogen-bond acceptors (Lipinski definition) is 2. The normalized spacial score (nSPS) is 14.4. The molecular formula is C6H18Cl2N2. The Bertz CT molecular complexity index is 53.7. The molecule has 66 valence electrons. The van der Waals surface area contributed by atoms with Crippen LogP contribution in [0.2, 0.25) is 0 Å². The number of rotatable bonds is 3. The molecule has 0 aliphatic rings. The SMILES string of the molecule is CC[C@H](C)[C@H](N)CN.Cl.Cl. The minimum absolute atomic E-state index is 0. The Hall–Kier alpha value is 0.500. The smallest absolute Gasteiger partial charge is 0.0188 e. The molecule has 0 unspecified atom stereocenters. The summed E-state index contributed by atoms with van der Waals surface area (Å²) < 4.78 is 0. The minimum Gasteiger partial charge on any atom is -0.329 e. The first-order valence-corrected chi connectivity index (χ1v) is 3.18. The highest BCUT2D eigenvalue weighted by molar-refractivity contribution is 5.85. The molecule has 4 heteroatoms. The van der Waals surface area contributed by atoms with Crippen LogP contribution in [0, 0.1) is 5.92 Å². The van der Waals surface area contributed by atoms with Gasteiger partial charge in [-0.2, -0.15) is 0 Å². The van der Waals surface area contributed by atoms with Gasteiger partial charge in [0.15, 0.2) is 0 Å². The van der Waals surface area contributed by atoms with Crippen molar-refractivity contribution in [2.45, 2.75) is 26.3 Å². The highest BCUT2D eigenvalue weighted by atomic mass is 35.5. The lowest BCUT2D eigenvalue weighted by molar-refractivity contribution is 0.449. The van der Waals surface area contributed by atoms with E-state index < -0.39 is 0 Å². The number of nitrogens with two attached hydrogens (primary N) is 2. The summed E-state index contributed by atoms with van der Waals surface area (Å²) in [7, 11) is 0. The van der Waals surface area contributed by atoms with Crippen molar-refractivity contribution in [2.24, 2.45) is 17.4 Å². The van der Waals surface area contributed by atoms with Crippen molar-refractivity contribution in [3.63, 3.8) is 0 Å². The predicted octanol–water partition coefficient (Wildman–Crippen LogP) is 1.16. The molecule has 0 saturated heterocycles. The molecule has 0 heterocycles. The van der Waals surface area contributed by atoms with Crippen LogP contribution in [0.3, 0.4) is 0 Å². The van der Waals surface area contributed by atoms with Crippen molar-refractivity contribution >= 4 is 24.8 Å².